The summed E-state index contributed by atoms with van der Waals surface area (Å²) in [6, 6.07) is 11.8. The Balaban J connectivity index is 2.29. The van der Waals surface area contributed by atoms with Crippen LogP contribution in [0, 0.1) is 33.5 Å². The molecule has 0 bridgehead atoms. The van der Waals surface area contributed by atoms with Crippen molar-refractivity contribution in [2.45, 2.75) is 11.8 Å². The fourth-order valence-corrected chi connectivity index (χ4v) is 4.21. The molecule has 0 radical (unpaired) electrons. The van der Waals surface area contributed by atoms with Gasteiger partial charge in [-0.25, -0.2) is 4.99 Å². The van der Waals surface area contributed by atoms with Gasteiger partial charge in [0.05, 0.1) is 12.1 Å². The largest absolute Gasteiger partial charge is 0.386 e. The van der Waals surface area contributed by atoms with Crippen molar-refractivity contribution in [1.29, 1.82) is 10.5 Å². The predicted octanol–water partition coefficient (Wildman–Crippen LogP) is 1.88. The minimum atomic E-state index is -1.58. The van der Waals surface area contributed by atoms with Crippen molar-refractivity contribution in [3.8, 4) is 12.1 Å². The Hall–Kier alpha value is -1.93. The van der Waals surface area contributed by atoms with Gasteiger partial charge in [-0.3, -0.25) is 0 Å². The molecule has 0 spiro atoms. The monoisotopic (exact) mass is 360 g/mol. The standard InChI is InChI=1S/C15H13BrN4O2/c1-21-15(22-2)14(8-18)11(9-5-3-4-6-10(9)16)13(14,7-17)12(19)20-15/h3-6,11H,1-2H3,(H2,19,20)/t11-,13-,14+/m1/s1. The first-order valence-electron chi connectivity index (χ1n) is 6.54. The number of nitrogens with zero attached hydrogens (tertiary/aromatic N) is 3. The van der Waals surface area contributed by atoms with Crippen LogP contribution in [0.5, 0.6) is 0 Å². The number of nitrogens with two attached hydrogens (primary N) is 1. The van der Waals surface area contributed by atoms with Crippen LogP contribution in [0.3, 0.4) is 0 Å². The summed E-state index contributed by atoms with van der Waals surface area (Å²) in [6.07, 6.45) is 0. The number of aliphatic imine (C=N–C) groups is 1. The van der Waals surface area contributed by atoms with E-state index in [4.69, 9.17) is 15.2 Å². The number of hydrogen-bond donors (Lipinski definition) is 1. The number of benzene rings is 1. The van der Waals surface area contributed by atoms with E-state index < -0.39 is 22.7 Å². The number of amidine groups is 1. The van der Waals surface area contributed by atoms with Crippen molar-refractivity contribution >= 4 is 21.8 Å². The molecule has 2 aliphatic rings. The highest BCUT2D eigenvalue weighted by atomic mass is 79.9. The second kappa shape index (κ2) is 4.53. The second-order valence-corrected chi connectivity index (χ2v) is 6.14. The molecule has 6 nitrogen and oxygen atoms in total. The van der Waals surface area contributed by atoms with Crippen LogP contribution in [0.25, 0.3) is 0 Å². The smallest absolute Gasteiger partial charge is 0.292 e. The first-order chi connectivity index (χ1) is 10.5. The van der Waals surface area contributed by atoms with Crippen molar-refractivity contribution in [2.24, 2.45) is 21.6 Å². The molecule has 1 aromatic rings. The van der Waals surface area contributed by atoms with E-state index in [0.29, 0.717) is 0 Å². The summed E-state index contributed by atoms with van der Waals surface area (Å²) in [4.78, 5) is 4.17. The summed E-state index contributed by atoms with van der Waals surface area (Å²) >= 11 is 3.47. The molecule has 3 atom stereocenters. The molecule has 7 heteroatoms. The average Bonchev–Trinajstić information content (AvgIpc) is 3.10. The van der Waals surface area contributed by atoms with E-state index in [9.17, 15) is 10.5 Å². The Morgan fingerprint density at radius 1 is 1.23 bits per heavy atom. The van der Waals surface area contributed by atoms with Gasteiger partial charge in [-0.1, -0.05) is 34.1 Å². The molecular weight excluding hydrogens is 348 g/mol. The van der Waals surface area contributed by atoms with Crippen molar-refractivity contribution < 1.29 is 9.47 Å². The van der Waals surface area contributed by atoms with Gasteiger partial charge in [-0.15, -0.1) is 0 Å². The zero-order valence-electron chi connectivity index (χ0n) is 12.0. The van der Waals surface area contributed by atoms with Crippen molar-refractivity contribution in [3.05, 3.63) is 34.3 Å². The lowest BCUT2D eigenvalue weighted by atomic mass is 9.93. The molecule has 1 heterocycles. The first kappa shape index (κ1) is 15.0. The Labute approximate surface area is 136 Å². The third kappa shape index (κ3) is 1.28. The van der Waals surface area contributed by atoms with Crippen molar-refractivity contribution in [1.82, 2.24) is 0 Å². The highest BCUT2D eigenvalue weighted by Crippen LogP contribution is 2.82. The Morgan fingerprint density at radius 3 is 2.36 bits per heavy atom. The van der Waals surface area contributed by atoms with E-state index in [1.807, 2.05) is 24.3 Å². The summed E-state index contributed by atoms with van der Waals surface area (Å²) in [5, 5.41) is 19.7. The number of halogens is 1. The van der Waals surface area contributed by atoms with Gasteiger partial charge in [0.2, 0.25) is 0 Å². The van der Waals surface area contributed by atoms with Crippen molar-refractivity contribution in [2.75, 3.05) is 14.2 Å². The zero-order chi connectivity index (χ0) is 16.2. The van der Waals surface area contributed by atoms with Gasteiger partial charge in [0.15, 0.2) is 5.41 Å². The fraction of sp³-hybridized carbons (Fsp3) is 0.400. The molecule has 1 saturated carbocycles. The highest BCUT2D eigenvalue weighted by Gasteiger charge is 2.93. The van der Waals surface area contributed by atoms with Crippen LogP contribution in [-0.2, 0) is 9.47 Å². The maximum absolute atomic E-state index is 9.90. The Bertz CT molecular complexity index is 762. The third-order valence-electron chi connectivity index (χ3n) is 4.70. The van der Waals surface area contributed by atoms with Crippen LogP contribution in [0.1, 0.15) is 11.5 Å². The lowest BCUT2D eigenvalue weighted by molar-refractivity contribution is -0.230. The molecule has 0 aromatic heterocycles. The van der Waals surface area contributed by atoms with Crippen LogP contribution in [0.2, 0.25) is 0 Å². The van der Waals surface area contributed by atoms with Gasteiger partial charge in [-0.2, -0.15) is 10.5 Å². The van der Waals surface area contributed by atoms with Crippen LogP contribution in [0.4, 0.5) is 0 Å². The van der Waals surface area contributed by atoms with E-state index >= 15 is 0 Å². The van der Waals surface area contributed by atoms with Crippen LogP contribution in [-0.4, -0.2) is 26.0 Å². The first-order valence-corrected chi connectivity index (χ1v) is 7.33. The molecule has 0 unspecified atom stereocenters. The van der Waals surface area contributed by atoms with Gasteiger partial charge in [0.25, 0.3) is 5.91 Å². The number of nitriles is 2. The van der Waals surface area contributed by atoms with E-state index in [-0.39, 0.29) is 5.84 Å². The molecule has 1 aliphatic carbocycles. The maximum Gasteiger partial charge on any atom is 0.292 e. The van der Waals surface area contributed by atoms with E-state index in [0.717, 1.165) is 10.0 Å². The number of hydrogen-bond acceptors (Lipinski definition) is 6. The van der Waals surface area contributed by atoms with E-state index in [2.05, 4.69) is 33.1 Å². The SMILES string of the molecule is COC1(OC)N=C(N)[C@@]2(C#N)[C@@H](c3ccccc3Br)[C@]12C#N. The number of rotatable bonds is 3. The second-order valence-electron chi connectivity index (χ2n) is 5.28. The maximum atomic E-state index is 9.90. The molecule has 112 valence electrons. The molecule has 22 heavy (non-hydrogen) atoms. The van der Waals surface area contributed by atoms with Gasteiger partial charge in [-0.05, 0) is 11.6 Å². The zero-order valence-corrected chi connectivity index (χ0v) is 13.6. The summed E-state index contributed by atoms with van der Waals surface area (Å²) in [7, 11) is 2.78. The quantitative estimate of drug-likeness (QED) is 0.828. The van der Waals surface area contributed by atoms with Crippen LogP contribution < -0.4 is 5.73 Å². The molecule has 0 amide bonds. The molecule has 2 N–H and O–H groups in total. The molecule has 1 aromatic carbocycles. The van der Waals surface area contributed by atoms with E-state index in [1.165, 1.54) is 14.2 Å². The third-order valence-corrected chi connectivity index (χ3v) is 5.42. The number of methoxy groups -OCH3 is 2. The predicted molar refractivity (Wildman–Crippen MR) is 81.3 cm³/mol. The normalized spacial score (nSPS) is 34.2. The molecular formula is C15H13BrN4O2. The molecule has 1 fully saturated rings. The number of fused-ring (bicyclic) bond motifs is 1. The fourth-order valence-electron chi connectivity index (χ4n) is 3.70. The van der Waals surface area contributed by atoms with Crippen molar-refractivity contribution in [3.63, 3.8) is 0 Å². The van der Waals surface area contributed by atoms with Gasteiger partial charge >= 0.3 is 0 Å². The van der Waals surface area contributed by atoms with Gasteiger partial charge in [0.1, 0.15) is 11.3 Å². The summed E-state index contributed by atoms with van der Waals surface area (Å²) in [5.74, 6) is -1.99. The van der Waals surface area contributed by atoms with E-state index in [1.54, 1.807) is 0 Å². The minimum Gasteiger partial charge on any atom is -0.386 e. The average molecular weight is 361 g/mol. The van der Waals surface area contributed by atoms with Gasteiger partial charge in [0, 0.05) is 24.6 Å². The summed E-state index contributed by atoms with van der Waals surface area (Å²) < 4.78 is 11.6. The lowest BCUT2D eigenvalue weighted by Gasteiger charge is -2.29. The summed E-state index contributed by atoms with van der Waals surface area (Å²) in [5.41, 5.74) is 4.27. The molecule has 0 saturated heterocycles. The lowest BCUT2D eigenvalue weighted by Crippen LogP contribution is -2.41. The minimum absolute atomic E-state index is 0.0704. The Kier molecular flexibility index (Phi) is 3.09. The topological polar surface area (TPSA) is 104 Å². The van der Waals surface area contributed by atoms with Gasteiger partial charge < -0.3 is 15.2 Å². The molecule has 3 rings (SSSR count). The van der Waals surface area contributed by atoms with Crippen LogP contribution in [0.15, 0.2) is 33.7 Å². The Morgan fingerprint density at radius 2 is 1.86 bits per heavy atom. The highest BCUT2D eigenvalue weighted by molar-refractivity contribution is 9.10. The van der Waals surface area contributed by atoms with Crippen LogP contribution >= 0.6 is 15.9 Å². The molecule has 1 aliphatic heterocycles. The number of ether oxygens (including phenoxy) is 2. The summed E-state index contributed by atoms with van der Waals surface area (Å²) in [6.45, 7) is 0.